The second kappa shape index (κ2) is 81.2. The minimum atomic E-state index is -4.97. The van der Waals surface area contributed by atoms with Gasteiger partial charge in [-0.25, -0.2) is 9.13 Å². The highest BCUT2D eigenvalue weighted by atomic mass is 31.2. The van der Waals surface area contributed by atoms with Gasteiger partial charge in [0, 0.05) is 25.7 Å². The number of rotatable bonds is 89. The second-order valence-electron chi connectivity index (χ2n) is 32.8. The van der Waals surface area contributed by atoms with Crippen LogP contribution >= 0.6 is 15.6 Å². The third-order valence-corrected chi connectivity index (χ3v) is 23.8. The zero-order chi connectivity index (χ0) is 79.9. The van der Waals surface area contributed by atoms with Gasteiger partial charge in [0.15, 0.2) is 12.2 Å². The lowest BCUT2D eigenvalue weighted by atomic mass is 9.99. The molecule has 0 aromatic heterocycles. The van der Waals surface area contributed by atoms with E-state index in [-0.39, 0.29) is 25.7 Å². The van der Waals surface area contributed by atoms with Crippen molar-refractivity contribution in [2.24, 2.45) is 11.8 Å². The van der Waals surface area contributed by atoms with Gasteiger partial charge < -0.3 is 33.8 Å². The number of carbonyl (C=O) groups is 4. The smallest absolute Gasteiger partial charge is 0.462 e. The molecule has 17 nitrogen and oxygen atoms in total. The second-order valence-corrected chi connectivity index (χ2v) is 35.7. The summed E-state index contributed by atoms with van der Waals surface area (Å²) in [6.45, 7) is 9.81. The summed E-state index contributed by atoms with van der Waals surface area (Å²) in [5.41, 5.74) is 0. The van der Waals surface area contributed by atoms with Gasteiger partial charge in [0.05, 0.1) is 26.4 Å². The zero-order valence-corrected chi connectivity index (χ0v) is 73.7. The molecule has 0 radical (unpaired) electrons. The lowest BCUT2D eigenvalue weighted by molar-refractivity contribution is -0.161. The molecular formula is C90H176O17P2. The first-order valence-electron chi connectivity index (χ1n) is 46.6. The van der Waals surface area contributed by atoms with Crippen LogP contribution in [0.15, 0.2) is 0 Å². The summed E-state index contributed by atoms with van der Waals surface area (Å²) in [7, 11) is -9.94. The van der Waals surface area contributed by atoms with Crippen LogP contribution in [0, 0.1) is 11.8 Å². The molecule has 0 rings (SSSR count). The number of ether oxygens (including phenoxy) is 4. The van der Waals surface area contributed by atoms with Gasteiger partial charge in [0.25, 0.3) is 0 Å². The van der Waals surface area contributed by atoms with Crippen molar-refractivity contribution in [3.05, 3.63) is 0 Å². The van der Waals surface area contributed by atoms with E-state index in [4.69, 9.17) is 37.0 Å². The van der Waals surface area contributed by atoms with E-state index < -0.39 is 97.5 Å². The molecule has 0 fully saturated rings. The van der Waals surface area contributed by atoms with Gasteiger partial charge in [-0.3, -0.25) is 37.3 Å². The van der Waals surface area contributed by atoms with Crippen LogP contribution in [-0.2, 0) is 65.4 Å². The molecular weight excluding hydrogens is 1410 g/mol. The summed E-state index contributed by atoms with van der Waals surface area (Å²) in [4.78, 5) is 73.4. The maximum Gasteiger partial charge on any atom is 0.472 e. The average molecular weight is 1590 g/mol. The predicted octanol–water partition coefficient (Wildman–Crippen LogP) is 27.8. The Labute approximate surface area is 670 Å². The molecule has 19 heteroatoms. The molecule has 109 heavy (non-hydrogen) atoms. The first-order chi connectivity index (χ1) is 52.9. The molecule has 0 amide bonds. The third kappa shape index (κ3) is 81.0. The molecule has 0 saturated heterocycles. The van der Waals surface area contributed by atoms with Crippen LogP contribution in [0.3, 0.4) is 0 Å². The number of hydrogen-bond acceptors (Lipinski definition) is 15. The number of carbonyl (C=O) groups excluding carboxylic acids is 4. The van der Waals surface area contributed by atoms with Gasteiger partial charge >= 0.3 is 39.5 Å². The average Bonchev–Trinajstić information content (AvgIpc) is 0.913. The molecule has 0 aliphatic heterocycles. The standard InChI is InChI=1S/C90H176O17P2/c1-7-11-13-15-17-19-21-23-24-25-26-27-28-29-38-44-50-56-62-68-74-89(94)106-86(79-101-88(93)73-67-61-55-49-43-37-32-30-35-40-46-52-58-64-70-82(5)9-3)81-105-109(98,99)103-77-84(91)76-102-108(96,97)104-80-85(78-100-87(92)72-66-60-54-48-42-34-22-20-18-16-14-12-8-2)107-90(95)75-69-63-57-51-45-39-33-31-36-41-47-53-59-65-71-83(6)10-4/h82-86,91H,7-81H2,1-6H3,(H,96,97)(H,98,99)/t82?,83?,84-,85+,86+/m0/s1. The molecule has 0 aliphatic carbocycles. The van der Waals surface area contributed by atoms with Gasteiger partial charge in [-0.15, -0.1) is 0 Å². The normalized spacial score (nSPS) is 14.2. The molecule has 0 bridgehead atoms. The highest BCUT2D eigenvalue weighted by Crippen LogP contribution is 2.45. The quantitative estimate of drug-likeness (QED) is 0.0222. The topological polar surface area (TPSA) is 237 Å². The number of aliphatic hydroxyl groups is 1. The highest BCUT2D eigenvalue weighted by molar-refractivity contribution is 7.47. The van der Waals surface area contributed by atoms with Gasteiger partial charge in [-0.2, -0.15) is 0 Å². The lowest BCUT2D eigenvalue weighted by Gasteiger charge is -2.21. The number of phosphoric ester groups is 2. The van der Waals surface area contributed by atoms with E-state index in [2.05, 4.69) is 41.5 Å². The van der Waals surface area contributed by atoms with E-state index >= 15 is 0 Å². The largest absolute Gasteiger partial charge is 0.472 e. The van der Waals surface area contributed by atoms with Crippen LogP contribution in [-0.4, -0.2) is 96.7 Å². The van der Waals surface area contributed by atoms with Gasteiger partial charge in [0.2, 0.25) is 0 Å². The molecule has 4 unspecified atom stereocenters. The number of aliphatic hydroxyl groups excluding tert-OH is 1. The van der Waals surface area contributed by atoms with E-state index in [1.54, 1.807) is 0 Å². The van der Waals surface area contributed by atoms with Gasteiger partial charge in [-0.05, 0) is 37.5 Å². The van der Waals surface area contributed by atoms with Gasteiger partial charge in [0.1, 0.15) is 19.3 Å². The minimum absolute atomic E-state index is 0.108. The Balaban J connectivity index is 5.27. The molecule has 0 heterocycles. The molecule has 648 valence electrons. The summed E-state index contributed by atoms with van der Waals surface area (Å²) >= 11 is 0. The predicted molar refractivity (Wildman–Crippen MR) is 451 cm³/mol. The molecule has 0 aliphatic rings. The fourth-order valence-corrected chi connectivity index (χ4v) is 15.6. The van der Waals surface area contributed by atoms with Crippen molar-refractivity contribution >= 4 is 39.5 Å². The molecule has 7 atom stereocenters. The molecule has 0 aromatic rings. The Bertz CT molecular complexity index is 2080. The maximum absolute atomic E-state index is 13.2. The van der Waals surface area contributed by atoms with E-state index in [1.807, 2.05) is 0 Å². The number of unbranched alkanes of at least 4 members (excludes halogenated alkanes) is 57. The fourth-order valence-electron chi connectivity index (χ4n) is 14.1. The van der Waals surface area contributed by atoms with Crippen LogP contribution in [0.2, 0.25) is 0 Å². The molecule has 0 aromatic carbocycles. The van der Waals surface area contributed by atoms with Crippen molar-refractivity contribution in [1.82, 2.24) is 0 Å². The summed E-state index contributed by atoms with van der Waals surface area (Å²) in [5, 5.41) is 10.7. The van der Waals surface area contributed by atoms with E-state index in [0.29, 0.717) is 25.7 Å². The number of esters is 4. The van der Waals surface area contributed by atoms with Crippen LogP contribution in [0.5, 0.6) is 0 Å². The molecule has 0 spiro atoms. The first-order valence-corrected chi connectivity index (χ1v) is 49.6. The van der Waals surface area contributed by atoms with Crippen LogP contribution in [0.4, 0.5) is 0 Å². The van der Waals surface area contributed by atoms with E-state index in [1.165, 1.54) is 302 Å². The summed E-state index contributed by atoms with van der Waals surface area (Å²) in [6.07, 6.45) is 74.8. The SMILES string of the molecule is CCCCCCCCCCCCCCCCCCCCCCC(=O)O[C@H](COC(=O)CCCCCCCCCCCCCCCCC(C)CC)COP(=O)(O)OC[C@@H](O)COP(=O)(O)OC[C@@H](COC(=O)CCCCCCCCCCCCCCC)OC(=O)CCCCCCCCCCCCCCCCC(C)CC. The monoisotopic (exact) mass is 1590 g/mol. The van der Waals surface area contributed by atoms with Crippen molar-refractivity contribution in [2.75, 3.05) is 39.6 Å². The maximum atomic E-state index is 13.2. The Morgan fingerprint density at radius 1 is 0.257 bits per heavy atom. The Morgan fingerprint density at radius 3 is 0.651 bits per heavy atom. The fraction of sp³-hybridized carbons (Fsp3) is 0.956. The highest BCUT2D eigenvalue weighted by Gasteiger charge is 2.31. The first kappa shape index (κ1) is 107. The summed E-state index contributed by atoms with van der Waals surface area (Å²) in [5.74, 6) is -0.399. The van der Waals surface area contributed by atoms with Gasteiger partial charge in [-0.1, -0.05) is 433 Å². The Kier molecular flexibility index (Phi) is 79.8. The van der Waals surface area contributed by atoms with Crippen molar-refractivity contribution in [2.45, 2.75) is 503 Å². The van der Waals surface area contributed by atoms with Crippen molar-refractivity contribution < 1.29 is 80.2 Å². The summed E-state index contributed by atoms with van der Waals surface area (Å²) in [6, 6.07) is 0. The Morgan fingerprint density at radius 2 is 0.440 bits per heavy atom. The number of phosphoric acid groups is 2. The molecule has 3 N–H and O–H groups in total. The lowest BCUT2D eigenvalue weighted by Crippen LogP contribution is -2.30. The van der Waals surface area contributed by atoms with E-state index in [9.17, 15) is 43.2 Å². The van der Waals surface area contributed by atoms with Crippen molar-refractivity contribution in [1.29, 1.82) is 0 Å². The van der Waals surface area contributed by atoms with Crippen LogP contribution in [0.25, 0.3) is 0 Å². The zero-order valence-electron chi connectivity index (χ0n) is 71.9. The number of hydrogen-bond donors (Lipinski definition) is 3. The van der Waals surface area contributed by atoms with Crippen LogP contribution in [0.1, 0.15) is 485 Å². The van der Waals surface area contributed by atoms with Crippen LogP contribution < -0.4 is 0 Å². The minimum Gasteiger partial charge on any atom is -0.462 e. The summed E-state index contributed by atoms with van der Waals surface area (Å²) < 4.78 is 69.1. The third-order valence-electron chi connectivity index (χ3n) is 21.9. The van der Waals surface area contributed by atoms with Crippen molar-refractivity contribution in [3.8, 4) is 0 Å². The Hall–Kier alpha value is -1.94. The molecule has 0 saturated carbocycles. The van der Waals surface area contributed by atoms with E-state index in [0.717, 1.165) is 102 Å². The van der Waals surface area contributed by atoms with Crippen molar-refractivity contribution in [3.63, 3.8) is 0 Å².